The Morgan fingerprint density at radius 2 is 1.94 bits per heavy atom. The number of rotatable bonds is 7. The van der Waals surface area contributed by atoms with E-state index in [2.05, 4.69) is 15.1 Å². The summed E-state index contributed by atoms with van der Waals surface area (Å²) in [5, 5.41) is 7.14. The van der Waals surface area contributed by atoms with Crippen LogP contribution in [0.2, 0.25) is 0 Å². The summed E-state index contributed by atoms with van der Waals surface area (Å²) in [5.74, 6) is 0.229. The van der Waals surface area contributed by atoms with Crippen LogP contribution in [0, 0.1) is 13.8 Å². The zero-order valence-electron chi connectivity index (χ0n) is 11.7. The fraction of sp³-hybridized carbons (Fsp3) is 0.750. The lowest BCUT2D eigenvalue weighted by Crippen LogP contribution is -2.26. The number of hydrogen-bond donors (Lipinski definition) is 1. The molecule has 1 N–H and O–H groups in total. The number of H-pyrrole nitrogens is 1. The Kier molecular flexibility index (Phi) is 5.34. The fourth-order valence-electron chi connectivity index (χ4n) is 1.90. The van der Waals surface area contributed by atoms with Gasteiger partial charge < -0.3 is 4.90 Å². The molecule has 0 unspecified atom stereocenters. The normalized spacial score (nSPS) is 12.3. The van der Waals surface area contributed by atoms with Gasteiger partial charge in [0, 0.05) is 18.5 Å². The molecule has 0 aliphatic carbocycles. The predicted molar refractivity (Wildman–Crippen MR) is 73.6 cm³/mol. The van der Waals surface area contributed by atoms with E-state index >= 15 is 0 Å². The highest BCUT2D eigenvalue weighted by atomic mass is 32.2. The van der Waals surface area contributed by atoms with Crippen molar-refractivity contribution in [2.75, 3.05) is 32.1 Å². The minimum absolute atomic E-state index is 0.229. The van der Waals surface area contributed by atoms with Gasteiger partial charge in [0.1, 0.15) is 9.84 Å². The SMILES string of the molecule is Cc1n[nH]c(C)c1CCCN(C)CCS(C)(=O)=O. The smallest absolute Gasteiger partial charge is 0.148 e. The van der Waals surface area contributed by atoms with Crippen molar-refractivity contribution in [1.82, 2.24) is 15.1 Å². The molecule has 1 rings (SSSR count). The molecular formula is C12H23N3O2S. The summed E-state index contributed by atoms with van der Waals surface area (Å²) in [6.45, 7) is 5.54. The lowest BCUT2D eigenvalue weighted by atomic mass is 10.1. The highest BCUT2D eigenvalue weighted by Gasteiger charge is 2.08. The van der Waals surface area contributed by atoms with E-state index in [1.54, 1.807) is 0 Å². The number of aromatic nitrogens is 2. The van der Waals surface area contributed by atoms with Crippen LogP contribution < -0.4 is 0 Å². The van der Waals surface area contributed by atoms with E-state index < -0.39 is 9.84 Å². The van der Waals surface area contributed by atoms with Crippen LogP contribution in [0.3, 0.4) is 0 Å². The summed E-state index contributed by atoms with van der Waals surface area (Å²) in [6.07, 6.45) is 3.28. The molecule has 0 fully saturated rings. The third-order valence-electron chi connectivity index (χ3n) is 3.09. The molecule has 1 aromatic heterocycles. The van der Waals surface area contributed by atoms with E-state index in [4.69, 9.17) is 0 Å². The monoisotopic (exact) mass is 273 g/mol. The summed E-state index contributed by atoms with van der Waals surface area (Å²) in [5.41, 5.74) is 3.48. The van der Waals surface area contributed by atoms with Crippen molar-refractivity contribution in [2.24, 2.45) is 0 Å². The molecule has 0 aliphatic heterocycles. The largest absolute Gasteiger partial charge is 0.305 e. The van der Waals surface area contributed by atoms with Gasteiger partial charge in [-0.15, -0.1) is 0 Å². The zero-order chi connectivity index (χ0) is 13.8. The summed E-state index contributed by atoms with van der Waals surface area (Å²) in [4.78, 5) is 2.06. The molecule has 0 saturated heterocycles. The third-order valence-corrected chi connectivity index (χ3v) is 4.02. The number of nitrogens with zero attached hydrogens (tertiary/aromatic N) is 2. The highest BCUT2D eigenvalue weighted by Crippen LogP contribution is 2.11. The molecule has 104 valence electrons. The molecule has 5 nitrogen and oxygen atoms in total. The van der Waals surface area contributed by atoms with Gasteiger partial charge in [-0.2, -0.15) is 5.10 Å². The Morgan fingerprint density at radius 3 is 2.44 bits per heavy atom. The van der Waals surface area contributed by atoms with Crippen molar-refractivity contribution < 1.29 is 8.42 Å². The van der Waals surface area contributed by atoms with Crippen LogP contribution in [-0.2, 0) is 16.3 Å². The topological polar surface area (TPSA) is 66.1 Å². The lowest BCUT2D eigenvalue weighted by Gasteiger charge is -2.15. The molecule has 0 radical (unpaired) electrons. The van der Waals surface area contributed by atoms with Gasteiger partial charge in [-0.05, 0) is 45.8 Å². The molecule has 0 atom stereocenters. The summed E-state index contributed by atoms with van der Waals surface area (Å²) >= 11 is 0. The average Bonchev–Trinajstić information content (AvgIpc) is 2.57. The van der Waals surface area contributed by atoms with Crippen LogP contribution in [-0.4, -0.2) is 55.7 Å². The van der Waals surface area contributed by atoms with Crippen LogP contribution in [0.5, 0.6) is 0 Å². The van der Waals surface area contributed by atoms with E-state index in [0.29, 0.717) is 6.54 Å². The molecular weight excluding hydrogens is 250 g/mol. The second kappa shape index (κ2) is 6.33. The first kappa shape index (κ1) is 15.2. The second-order valence-electron chi connectivity index (χ2n) is 4.95. The van der Waals surface area contributed by atoms with E-state index in [1.807, 2.05) is 20.9 Å². The van der Waals surface area contributed by atoms with Crippen molar-refractivity contribution in [3.63, 3.8) is 0 Å². The maximum absolute atomic E-state index is 11.0. The van der Waals surface area contributed by atoms with Gasteiger partial charge in [0.2, 0.25) is 0 Å². The van der Waals surface area contributed by atoms with Crippen molar-refractivity contribution in [3.8, 4) is 0 Å². The summed E-state index contributed by atoms with van der Waals surface area (Å²) in [6, 6.07) is 0. The van der Waals surface area contributed by atoms with Gasteiger partial charge in [-0.25, -0.2) is 8.42 Å². The number of aryl methyl sites for hydroxylation is 2. The van der Waals surface area contributed by atoms with Crippen molar-refractivity contribution in [2.45, 2.75) is 26.7 Å². The summed E-state index contributed by atoms with van der Waals surface area (Å²) in [7, 11) is -0.899. The highest BCUT2D eigenvalue weighted by molar-refractivity contribution is 7.90. The van der Waals surface area contributed by atoms with Gasteiger partial charge in [0.05, 0.1) is 11.4 Å². The molecule has 0 aliphatic rings. The standard InChI is InChI=1S/C12H23N3O2S/c1-10-12(11(2)14-13-10)6-5-7-15(3)8-9-18(4,16)17/h5-9H2,1-4H3,(H,13,14). The van der Waals surface area contributed by atoms with E-state index in [9.17, 15) is 8.42 Å². The Morgan fingerprint density at radius 1 is 1.28 bits per heavy atom. The first-order valence-electron chi connectivity index (χ1n) is 6.16. The molecule has 18 heavy (non-hydrogen) atoms. The number of sulfone groups is 1. The van der Waals surface area contributed by atoms with Crippen LogP contribution in [0.25, 0.3) is 0 Å². The predicted octanol–water partition coefficient (Wildman–Crippen LogP) is 0.936. The van der Waals surface area contributed by atoms with Crippen molar-refractivity contribution >= 4 is 9.84 Å². The van der Waals surface area contributed by atoms with Crippen LogP contribution in [0.15, 0.2) is 0 Å². The number of hydrogen-bond acceptors (Lipinski definition) is 4. The van der Waals surface area contributed by atoms with E-state index in [0.717, 1.165) is 30.8 Å². The third kappa shape index (κ3) is 5.18. The first-order valence-corrected chi connectivity index (χ1v) is 8.22. The van der Waals surface area contributed by atoms with Crippen LogP contribution in [0.4, 0.5) is 0 Å². The average molecular weight is 273 g/mol. The Balaban J connectivity index is 2.30. The van der Waals surface area contributed by atoms with Gasteiger partial charge in [-0.1, -0.05) is 0 Å². The number of aromatic amines is 1. The van der Waals surface area contributed by atoms with Crippen molar-refractivity contribution in [1.29, 1.82) is 0 Å². The number of nitrogens with one attached hydrogen (secondary N) is 1. The Labute approximate surface area is 109 Å². The second-order valence-corrected chi connectivity index (χ2v) is 7.21. The first-order chi connectivity index (χ1) is 8.29. The minimum atomic E-state index is -2.86. The lowest BCUT2D eigenvalue weighted by molar-refractivity contribution is 0.348. The van der Waals surface area contributed by atoms with Gasteiger partial charge in [0.25, 0.3) is 0 Å². The molecule has 0 spiro atoms. The Hall–Kier alpha value is -0.880. The fourth-order valence-corrected chi connectivity index (χ4v) is 2.54. The van der Waals surface area contributed by atoms with Crippen LogP contribution >= 0.6 is 0 Å². The van der Waals surface area contributed by atoms with Crippen molar-refractivity contribution in [3.05, 3.63) is 17.0 Å². The molecule has 6 heteroatoms. The zero-order valence-corrected chi connectivity index (χ0v) is 12.5. The molecule has 0 saturated carbocycles. The van der Waals surface area contributed by atoms with E-state index in [1.165, 1.54) is 11.8 Å². The van der Waals surface area contributed by atoms with Crippen LogP contribution in [0.1, 0.15) is 23.4 Å². The quantitative estimate of drug-likeness (QED) is 0.803. The maximum Gasteiger partial charge on any atom is 0.148 e. The minimum Gasteiger partial charge on any atom is -0.305 e. The molecule has 1 heterocycles. The Bertz CT molecular complexity index is 460. The van der Waals surface area contributed by atoms with E-state index in [-0.39, 0.29) is 5.75 Å². The molecule has 1 aromatic rings. The van der Waals surface area contributed by atoms with Gasteiger partial charge in [-0.3, -0.25) is 5.10 Å². The molecule has 0 aromatic carbocycles. The van der Waals surface area contributed by atoms with Gasteiger partial charge in [0.15, 0.2) is 0 Å². The molecule has 0 bridgehead atoms. The maximum atomic E-state index is 11.0. The molecule has 0 amide bonds. The van der Waals surface area contributed by atoms with Gasteiger partial charge >= 0.3 is 0 Å². The summed E-state index contributed by atoms with van der Waals surface area (Å²) < 4.78 is 22.1.